The number of carboxylic acids is 2. The first-order valence-electron chi connectivity index (χ1n) is 25.9. The molecule has 18 heteroatoms. The molecule has 0 amide bonds. The molecule has 0 spiro atoms. The molecule has 2 heterocycles. The number of hydrogen-bond acceptors (Lipinski definition) is 14. The standard InChI is InChI=1S/2C30H33O7P.2Na/c2*1-4-12-35-21-7-9-23-24(16-21)28(22-8-6-20(34-2)14-18(22)11-13-38(3)33)29(30(31)32)27(23)19-5-10-25-26(15-19)37-17-36-25;;/h2*5-10,14-16,27-29,38H,4,11-13,17H2,1-3H3,(H,31,32);;/q;;2*+1/p-2. The van der Waals surface area contributed by atoms with E-state index in [0.29, 0.717) is 84.4 Å². The van der Waals surface area contributed by atoms with E-state index in [0.717, 1.165) is 68.5 Å². The number of carbonyl (C=O) groups is 2. The van der Waals surface area contributed by atoms with E-state index in [4.69, 9.17) is 37.9 Å². The molecule has 0 aromatic heterocycles. The topological polar surface area (TPSA) is 188 Å². The van der Waals surface area contributed by atoms with Gasteiger partial charge < -0.3 is 66.8 Å². The van der Waals surface area contributed by atoms with Crippen molar-refractivity contribution in [1.82, 2.24) is 0 Å². The molecule has 6 aromatic carbocycles. The number of hydrogen-bond donors (Lipinski definition) is 0. The van der Waals surface area contributed by atoms with E-state index in [-0.39, 0.29) is 72.7 Å². The average Bonchev–Trinajstić information content (AvgIpc) is 4.38. The number of rotatable bonds is 20. The SMILES string of the molecule is CCCOc1ccc2c(c1)C(c1ccc(OC)cc1CC[PH](C)=O)C(C(=O)[O-])C2c1ccc2c(c1)OCO2.CCCOc1ccc2c(c1)C(c1ccc(OC)cc1CC[PH](C)=O)C(C(=O)[O-])C2c1ccc2c(c1)OCO2.[Na+].[Na+]. The van der Waals surface area contributed by atoms with Gasteiger partial charge in [0.1, 0.15) is 23.0 Å². The van der Waals surface area contributed by atoms with Crippen LogP contribution in [0.2, 0.25) is 0 Å². The predicted octanol–water partition coefficient (Wildman–Crippen LogP) is 3.18. The van der Waals surface area contributed by atoms with Crippen LogP contribution in [0.5, 0.6) is 46.0 Å². The maximum Gasteiger partial charge on any atom is 1.00 e. The Bertz CT molecular complexity index is 2960. The Hall–Kier alpha value is -4.88. The summed E-state index contributed by atoms with van der Waals surface area (Å²) in [5.41, 5.74) is 8.87. The number of benzene rings is 6. The van der Waals surface area contributed by atoms with Gasteiger partial charge in [-0.05, 0) is 167 Å². The molecule has 2 aliphatic heterocycles. The predicted molar refractivity (Wildman–Crippen MR) is 287 cm³/mol. The average molecular weight is 1120 g/mol. The van der Waals surface area contributed by atoms with E-state index in [2.05, 4.69) is 0 Å². The van der Waals surface area contributed by atoms with E-state index in [1.165, 1.54) is 0 Å². The van der Waals surface area contributed by atoms with Crippen molar-refractivity contribution in [2.75, 3.05) is 66.7 Å². The first-order valence-corrected chi connectivity index (χ1v) is 30.1. The van der Waals surface area contributed by atoms with E-state index < -0.39 is 63.0 Å². The Morgan fingerprint density at radius 3 is 1.22 bits per heavy atom. The van der Waals surface area contributed by atoms with E-state index in [1.807, 2.05) is 123 Å². The summed E-state index contributed by atoms with van der Waals surface area (Å²) < 4.78 is 69.2. The number of fused-ring (bicyclic) bond motifs is 4. The number of aryl methyl sites for hydroxylation is 2. The zero-order valence-electron chi connectivity index (χ0n) is 45.6. The second-order valence-corrected chi connectivity index (χ2v) is 23.4. The van der Waals surface area contributed by atoms with Gasteiger partial charge in [0.2, 0.25) is 13.6 Å². The molecule has 14 nitrogen and oxygen atoms in total. The van der Waals surface area contributed by atoms with Crippen molar-refractivity contribution >= 4 is 27.5 Å². The van der Waals surface area contributed by atoms with E-state index in [1.54, 1.807) is 27.5 Å². The molecule has 0 saturated heterocycles. The molecule has 78 heavy (non-hydrogen) atoms. The maximum atomic E-state index is 13.0. The Balaban J connectivity index is 0.000000220. The van der Waals surface area contributed by atoms with Gasteiger partial charge in [0.25, 0.3) is 0 Å². The molecule has 8 atom stereocenters. The Kier molecular flexibility index (Phi) is 21.4. The molecule has 2 aliphatic carbocycles. The zero-order valence-corrected chi connectivity index (χ0v) is 51.6. The van der Waals surface area contributed by atoms with Gasteiger partial charge in [-0.2, -0.15) is 0 Å². The van der Waals surface area contributed by atoms with Crippen molar-refractivity contribution in [3.63, 3.8) is 0 Å². The van der Waals surface area contributed by atoms with Crippen LogP contribution in [0.15, 0.2) is 109 Å². The van der Waals surface area contributed by atoms with Gasteiger partial charge in [0.15, 0.2) is 23.0 Å². The normalized spacial score (nSPS) is 19.6. The van der Waals surface area contributed by atoms with Crippen LogP contribution in [0.4, 0.5) is 0 Å². The third-order valence-corrected chi connectivity index (χ3v) is 16.7. The van der Waals surface area contributed by atoms with Crippen molar-refractivity contribution in [2.45, 2.75) is 63.2 Å². The minimum atomic E-state index is -1.72. The summed E-state index contributed by atoms with van der Waals surface area (Å²) in [7, 11) is -0.241. The van der Waals surface area contributed by atoms with Gasteiger partial charge in [-0.1, -0.05) is 50.2 Å². The van der Waals surface area contributed by atoms with Gasteiger partial charge in [-0.3, -0.25) is 0 Å². The monoisotopic (exact) mass is 1120 g/mol. The first-order chi connectivity index (χ1) is 36.8. The van der Waals surface area contributed by atoms with Gasteiger partial charge >= 0.3 is 59.1 Å². The molecule has 0 radical (unpaired) electrons. The summed E-state index contributed by atoms with van der Waals surface area (Å²) in [6.07, 6.45) is 3.92. The molecule has 400 valence electrons. The van der Waals surface area contributed by atoms with Crippen LogP contribution < -0.4 is 107 Å². The maximum absolute atomic E-state index is 13.0. The summed E-state index contributed by atoms with van der Waals surface area (Å²) in [5, 5.41) is 25.9. The molecule has 10 rings (SSSR count). The second-order valence-electron chi connectivity index (χ2n) is 19.6. The fourth-order valence-electron chi connectivity index (χ4n) is 11.3. The molecular formula is C60H64Na2O14P2. The summed E-state index contributed by atoms with van der Waals surface area (Å²) in [6.45, 7) is 8.98. The molecule has 8 unspecified atom stereocenters. The Morgan fingerprint density at radius 1 is 0.487 bits per heavy atom. The molecule has 4 aliphatic rings. The zero-order chi connectivity index (χ0) is 53.6. The minimum absolute atomic E-state index is 0. The fourth-order valence-corrected chi connectivity index (χ4v) is 12.6. The third-order valence-electron chi connectivity index (χ3n) is 14.8. The van der Waals surface area contributed by atoms with Crippen LogP contribution in [0, 0.1) is 11.8 Å². The summed E-state index contributed by atoms with van der Waals surface area (Å²) in [6, 6.07) is 34.3. The molecule has 0 fully saturated rings. The largest absolute Gasteiger partial charge is 1.00 e. The second kappa shape index (κ2) is 27.5. The van der Waals surface area contributed by atoms with E-state index in [9.17, 15) is 28.9 Å². The first kappa shape index (κ1) is 60.8. The van der Waals surface area contributed by atoms with Crippen molar-refractivity contribution in [3.8, 4) is 46.0 Å². The molecule has 0 N–H and O–H groups in total. The van der Waals surface area contributed by atoms with Gasteiger partial charge in [0.05, 0.1) is 43.0 Å². The number of aliphatic carboxylic acids is 2. The summed E-state index contributed by atoms with van der Waals surface area (Å²) in [4.78, 5) is 25.9. The van der Waals surface area contributed by atoms with Crippen LogP contribution >= 0.6 is 15.6 Å². The minimum Gasteiger partial charge on any atom is -0.550 e. The number of ether oxygens (including phenoxy) is 8. The summed E-state index contributed by atoms with van der Waals surface area (Å²) in [5.74, 6) is -0.673. The third kappa shape index (κ3) is 13.1. The van der Waals surface area contributed by atoms with Crippen LogP contribution in [0.25, 0.3) is 0 Å². The van der Waals surface area contributed by atoms with Crippen LogP contribution in [0.1, 0.15) is 106 Å². The number of carbonyl (C=O) groups excluding carboxylic acids is 2. The molecule has 0 saturated carbocycles. The van der Waals surface area contributed by atoms with Crippen LogP contribution in [0.3, 0.4) is 0 Å². The number of carboxylic acid groups (broad SMARTS) is 2. The Labute approximate surface area is 502 Å². The smallest absolute Gasteiger partial charge is 0.550 e. The van der Waals surface area contributed by atoms with Gasteiger partial charge in [-0.15, -0.1) is 0 Å². The van der Waals surface area contributed by atoms with Crippen molar-refractivity contribution in [2.24, 2.45) is 11.8 Å². The van der Waals surface area contributed by atoms with Crippen molar-refractivity contribution in [1.29, 1.82) is 0 Å². The number of methoxy groups -OCH3 is 2. The van der Waals surface area contributed by atoms with Crippen LogP contribution in [-0.4, -0.2) is 78.6 Å². The summed E-state index contributed by atoms with van der Waals surface area (Å²) >= 11 is 0. The molecule has 6 aromatic rings. The Morgan fingerprint density at radius 2 is 0.859 bits per heavy atom. The van der Waals surface area contributed by atoms with Crippen molar-refractivity contribution < 1.29 is 126 Å². The van der Waals surface area contributed by atoms with Crippen LogP contribution in [-0.2, 0) is 31.6 Å². The quantitative estimate of drug-likeness (QED) is 0.0802. The molecule has 0 bridgehead atoms. The van der Waals surface area contributed by atoms with E-state index >= 15 is 0 Å². The molecular weight excluding hydrogens is 1050 g/mol. The van der Waals surface area contributed by atoms with Gasteiger partial charge in [-0.25, -0.2) is 0 Å². The van der Waals surface area contributed by atoms with Gasteiger partial charge in [0, 0.05) is 59.8 Å². The van der Waals surface area contributed by atoms with Crippen molar-refractivity contribution in [3.05, 3.63) is 165 Å². The fraction of sp³-hybridized carbons (Fsp3) is 0.367.